The number of likely N-dealkylation sites (N-methyl/N-ethyl adjacent to an activating group) is 1. The molecule has 0 radical (unpaired) electrons. The number of benzene rings is 3. The van der Waals surface area contributed by atoms with E-state index >= 15 is 0 Å². The lowest BCUT2D eigenvalue weighted by atomic mass is 10.1. The maximum absolute atomic E-state index is 13.5. The van der Waals surface area contributed by atoms with Gasteiger partial charge >= 0.3 is 5.97 Å². The Kier molecular flexibility index (Phi) is 12.3. The van der Waals surface area contributed by atoms with Crippen LogP contribution in [0.5, 0.6) is 5.75 Å². The zero-order valence-electron chi connectivity index (χ0n) is 24.5. The molecule has 9 nitrogen and oxygen atoms in total. The topological polar surface area (TPSA) is 100 Å². The van der Waals surface area contributed by atoms with E-state index in [9.17, 15) is 14.4 Å². The number of thiocarbonyl (C=S) groups is 1. The third-order valence-electron chi connectivity index (χ3n) is 6.42. The number of ether oxygens (including phenoxy) is 2. The van der Waals surface area contributed by atoms with Crippen molar-refractivity contribution in [3.63, 3.8) is 0 Å². The van der Waals surface area contributed by atoms with E-state index in [0.29, 0.717) is 29.6 Å². The fourth-order valence-corrected chi connectivity index (χ4v) is 4.22. The van der Waals surface area contributed by atoms with Crippen molar-refractivity contribution in [2.24, 2.45) is 5.92 Å². The summed E-state index contributed by atoms with van der Waals surface area (Å²) in [6, 6.07) is 23.8. The Morgan fingerprint density at radius 2 is 1.64 bits per heavy atom. The van der Waals surface area contributed by atoms with E-state index in [2.05, 4.69) is 24.5 Å². The molecule has 3 aromatic carbocycles. The summed E-state index contributed by atoms with van der Waals surface area (Å²) in [5, 5.41) is 6.30. The summed E-state index contributed by atoms with van der Waals surface area (Å²) >= 11 is 5.43. The lowest BCUT2D eigenvalue weighted by molar-refractivity contribution is -0.139. The van der Waals surface area contributed by atoms with Gasteiger partial charge in [-0.25, -0.2) is 0 Å². The molecule has 0 saturated carbocycles. The van der Waals surface area contributed by atoms with E-state index in [-0.39, 0.29) is 42.5 Å². The van der Waals surface area contributed by atoms with Gasteiger partial charge in [-0.3, -0.25) is 14.4 Å². The van der Waals surface area contributed by atoms with Crippen LogP contribution in [0.2, 0.25) is 0 Å². The highest BCUT2D eigenvalue weighted by atomic mass is 32.1. The molecule has 10 heteroatoms. The van der Waals surface area contributed by atoms with Crippen LogP contribution in [0.3, 0.4) is 0 Å². The summed E-state index contributed by atoms with van der Waals surface area (Å²) in [6.45, 7) is 4.40. The van der Waals surface area contributed by atoms with Gasteiger partial charge in [0.2, 0.25) is 5.91 Å². The monoisotopic (exact) mass is 590 g/mol. The van der Waals surface area contributed by atoms with Crippen molar-refractivity contribution in [3.8, 4) is 5.75 Å². The number of amides is 2. The van der Waals surface area contributed by atoms with Crippen LogP contribution in [0, 0.1) is 5.92 Å². The summed E-state index contributed by atoms with van der Waals surface area (Å²) in [6.07, 6.45) is 0.913. The van der Waals surface area contributed by atoms with Crippen molar-refractivity contribution < 1.29 is 23.9 Å². The molecule has 0 atom stereocenters. The molecular weight excluding hydrogens is 552 g/mol. The van der Waals surface area contributed by atoms with Crippen LogP contribution in [-0.4, -0.2) is 56.7 Å². The Balaban J connectivity index is 1.67. The zero-order chi connectivity index (χ0) is 30.5. The Bertz CT molecular complexity index is 1370. The molecule has 0 fully saturated rings. The van der Waals surface area contributed by atoms with E-state index < -0.39 is 0 Å². The van der Waals surface area contributed by atoms with Crippen LogP contribution < -0.4 is 25.2 Å². The van der Waals surface area contributed by atoms with E-state index in [1.54, 1.807) is 36.2 Å². The number of carbonyl (C=O) groups is 3. The Labute approximate surface area is 252 Å². The summed E-state index contributed by atoms with van der Waals surface area (Å²) in [5.41, 5.74) is 2.80. The number of methoxy groups -OCH3 is 1. The molecule has 0 aliphatic carbocycles. The summed E-state index contributed by atoms with van der Waals surface area (Å²) < 4.78 is 10.7. The molecule has 0 unspecified atom stereocenters. The van der Waals surface area contributed by atoms with Crippen LogP contribution in [0.25, 0.3) is 0 Å². The average Bonchev–Trinajstić information content (AvgIpc) is 2.99. The minimum absolute atomic E-state index is 0.0597. The second-order valence-electron chi connectivity index (χ2n) is 10.0. The van der Waals surface area contributed by atoms with Crippen molar-refractivity contribution >= 4 is 52.2 Å². The molecule has 0 aliphatic heterocycles. The van der Waals surface area contributed by atoms with Crippen molar-refractivity contribution in [2.75, 3.05) is 49.0 Å². The number of carbonyl (C=O) groups excluding carboxylic acids is 3. The largest absolute Gasteiger partial charge is 0.482 e. The van der Waals surface area contributed by atoms with Gasteiger partial charge in [0.15, 0.2) is 11.7 Å². The molecule has 0 aliphatic rings. The molecule has 2 N–H and O–H groups in total. The fraction of sp³-hybridized carbons (Fsp3) is 0.312. The van der Waals surface area contributed by atoms with Crippen LogP contribution >= 0.6 is 12.2 Å². The first-order valence-corrected chi connectivity index (χ1v) is 14.1. The van der Waals surface area contributed by atoms with E-state index in [1.807, 2.05) is 54.6 Å². The van der Waals surface area contributed by atoms with Gasteiger partial charge in [0.1, 0.15) is 5.75 Å². The summed E-state index contributed by atoms with van der Waals surface area (Å²) in [7, 11) is 3.04. The van der Waals surface area contributed by atoms with Gasteiger partial charge < -0.3 is 29.9 Å². The molecule has 3 aromatic rings. The van der Waals surface area contributed by atoms with Crippen LogP contribution in [0.4, 0.5) is 17.1 Å². The third kappa shape index (κ3) is 9.88. The van der Waals surface area contributed by atoms with Gasteiger partial charge in [-0.1, -0.05) is 56.3 Å². The Hall–Kier alpha value is -4.44. The molecular formula is C32H38N4O5S. The van der Waals surface area contributed by atoms with E-state index in [1.165, 1.54) is 12.0 Å². The highest BCUT2D eigenvalue weighted by Gasteiger charge is 2.21. The number of hydrogen-bond donors (Lipinski definition) is 2. The normalized spacial score (nSPS) is 10.5. The quantitative estimate of drug-likeness (QED) is 0.216. The van der Waals surface area contributed by atoms with E-state index in [0.717, 1.165) is 17.7 Å². The molecule has 0 bridgehead atoms. The first-order valence-electron chi connectivity index (χ1n) is 13.7. The first-order chi connectivity index (χ1) is 20.2. The molecule has 0 saturated heterocycles. The molecule has 0 spiro atoms. The maximum Gasteiger partial charge on any atom is 0.309 e. The van der Waals surface area contributed by atoms with Crippen LogP contribution in [-0.2, 0) is 25.5 Å². The van der Waals surface area contributed by atoms with Gasteiger partial charge in [0.25, 0.3) is 5.91 Å². The van der Waals surface area contributed by atoms with Crippen LogP contribution in [0.1, 0.15) is 25.8 Å². The third-order valence-corrected chi connectivity index (χ3v) is 6.66. The van der Waals surface area contributed by atoms with Gasteiger partial charge in [0, 0.05) is 25.0 Å². The molecule has 0 heterocycles. The molecule has 2 amide bonds. The minimum Gasteiger partial charge on any atom is -0.482 e. The number of nitrogens with zero attached hydrogens (tertiary/aromatic N) is 2. The number of rotatable bonds is 13. The molecule has 3 rings (SSSR count). The summed E-state index contributed by atoms with van der Waals surface area (Å²) in [4.78, 5) is 41.1. The van der Waals surface area contributed by atoms with Crippen LogP contribution in [0.15, 0.2) is 78.9 Å². The Morgan fingerprint density at radius 3 is 2.36 bits per heavy atom. The van der Waals surface area contributed by atoms with E-state index in [4.69, 9.17) is 21.7 Å². The van der Waals surface area contributed by atoms with Gasteiger partial charge in [-0.15, -0.1) is 0 Å². The lowest BCUT2D eigenvalue weighted by Gasteiger charge is -2.26. The highest BCUT2D eigenvalue weighted by Crippen LogP contribution is 2.29. The highest BCUT2D eigenvalue weighted by molar-refractivity contribution is 7.80. The molecule has 222 valence electrons. The second-order valence-corrected chi connectivity index (χ2v) is 10.4. The number of para-hydroxylation sites is 3. The molecule has 0 aromatic heterocycles. The van der Waals surface area contributed by atoms with Crippen molar-refractivity contribution in [3.05, 3.63) is 84.4 Å². The number of nitrogens with one attached hydrogen (secondary N) is 2. The van der Waals surface area contributed by atoms with Crippen molar-refractivity contribution in [1.29, 1.82) is 0 Å². The number of esters is 1. The van der Waals surface area contributed by atoms with Gasteiger partial charge in [0.05, 0.1) is 25.8 Å². The minimum atomic E-state index is -0.336. The van der Waals surface area contributed by atoms with Crippen molar-refractivity contribution in [2.45, 2.75) is 26.7 Å². The summed E-state index contributed by atoms with van der Waals surface area (Å²) in [5.74, 6) is 0.0413. The second kappa shape index (κ2) is 16.1. The Morgan fingerprint density at radius 1 is 0.929 bits per heavy atom. The number of anilines is 3. The first kappa shape index (κ1) is 32.1. The SMILES string of the molecule is COC(=O)Cc1cccc(NC(=S)NCC(=O)N(CCC(C)C)c2ccccc2OCC(=O)N(C)c2ccccc2)c1. The zero-order valence-corrected chi connectivity index (χ0v) is 25.3. The predicted octanol–water partition coefficient (Wildman–Crippen LogP) is 4.81. The number of hydrogen-bond acceptors (Lipinski definition) is 6. The van der Waals surface area contributed by atoms with Gasteiger partial charge in [-0.05, 0) is 66.5 Å². The smallest absolute Gasteiger partial charge is 0.309 e. The molecule has 42 heavy (non-hydrogen) atoms. The predicted molar refractivity (Wildman–Crippen MR) is 170 cm³/mol. The van der Waals surface area contributed by atoms with Crippen molar-refractivity contribution in [1.82, 2.24) is 5.32 Å². The maximum atomic E-state index is 13.5. The average molecular weight is 591 g/mol. The fourth-order valence-electron chi connectivity index (χ4n) is 4.03. The van der Waals surface area contributed by atoms with Gasteiger partial charge in [-0.2, -0.15) is 0 Å². The standard InChI is InChI=1S/C32H38N4O5S/c1-23(2)17-18-36(29(37)21-33-32(42)34-25-12-10-11-24(19-25)20-31(39)40-4)27-15-8-9-16-28(27)41-22-30(38)35(3)26-13-6-5-7-14-26/h5-16,19,23H,17-18,20-22H2,1-4H3,(H2,33,34,42). The lowest BCUT2D eigenvalue weighted by Crippen LogP contribution is -2.42.